The van der Waals surface area contributed by atoms with E-state index in [9.17, 15) is 0 Å². The molecular formula is C10H17N. The van der Waals surface area contributed by atoms with Crippen LogP contribution in [-0.2, 0) is 0 Å². The topological polar surface area (TPSA) is 12.0 Å². The second-order valence-electron chi connectivity index (χ2n) is 3.48. The standard InChI is InChI=1S/C10H17N/c1-3-5-8-11-9-10(4-2)6-7-10/h1,11H,4-9H2,2H3. The van der Waals surface area contributed by atoms with Gasteiger partial charge in [-0.3, -0.25) is 0 Å². The van der Waals surface area contributed by atoms with Gasteiger partial charge in [0, 0.05) is 19.5 Å². The Kier molecular flexibility index (Phi) is 2.96. The molecule has 0 atom stereocenters. The van der Waals surface area contributed by atoms with Crippen molar-refractivity contribution in [3.63, 3.8) is 0 Å². The minimum Gasteiger partial charge on any atom is -0.315 e. The first-order valence-electron chi connectivity index (χ1n) is 4.47. The van der Waals surface area contributed by atoms with Gasteiger partial charge in [0.1, 0.15) is 0 Å². The summed E-state index contributed by atoms with van der Waals surface area (Å²) >= 11 is 0. The average molecular weight is 151 g/mol. The van der Waals surface area contributed by atoms with Gasteiger partial charge in [-0.1, -0.05) is 6.92 Å². The zero-order valence-electron chi connectivity index (χ0n) is 7.32. The van der Waals surface area contributed by atoms with E-state index >= 15 is 0 Å². The molecular weight excluding hydrogens is 134 g/mol. The third-order valence-electron chi connectivity index (χ3n) is 2.65. The van der Waals surface area contributed by atoms with Gasteiger partial charge in [-0.05, 0) is 24.7 Å². The first-order valence-corrected chi connectivity index (χ1v) is 4.47. The molecule has 0 aliphatic heterocycles. The van der Waals surface area contributed by atoms with Crippen LogP contribution in [0.3, 0.4) is 0 Å². The number of rotatable bonds is 5. The summed E-state index contributed by atoms with van der Waals surface area (Å²) in [7, 11) is 0. The summed E-state index contributed by atoms with van der Waals surface area (Å²) in [6.07, 6.45) is 10.1. The molecule has 1 saturated carbocycles. The van der Waals surface area contributed by atoms with Crippen LogP contribution in [0.25, 0.3) is 0 Å². The molecule has 0 bridgehead atoms. The molecule has 0 radical (unpaired) electrons. The third kappa shape index (κ3) is 2.55. The summed E-state index contributed by atoms with van der Waals surface area (Å²) < 4.78 is 0. The van der Waals surface area contributed by atoms with E-state index in [1.807, 2.05) is 0 Å². The highest BCUT2D eigenvalue weighted by atomic mass is 14.9. The molecule has 0 amide bonds. The molecule has 1 N–H and O–H groups in total. The van der Waals surface area contributed by atoms with Gasteiger partial charge in [-0.15, -0.1) is 12.3 Å². The maximum Gasteiger partial charge on any atom is 0.0211 e. The van der Waals surface area contributed by atoms with Gasteiger partial charge in [-0.2, -0.15) is 0 Å². The lowest BCUT2D eigenvalue weighted by molar-refractivity contribution is 0.447. The van der Waals surface area contributed by atoms with Crippen LogP contribution >= 0.6 is 0 Å². The van der Waals surface area contributed by atoms with Crippen molar-refractivity contribution in [2.24, 2.45) is 5.41 Å². The predicted molar refractivity (Wildman–Crippen MR) is 48.3 cm³/mol. The molecule has 0 unspecified atom stereocenters. The number of terminal acetylenes is 1. The first kappa shape index (κ1) is 8.62. The van der Waals surface area contributed by atoms with E-state index in [1.165, 1.54) is 25.8 Å². The highest BCUT2D eigenvalue weighted by Gasteiger charge is 2.39. The molecule has 0 spiro atoms. The second kappa shape index (κ2) is 3.78. The van der Waals surface area contributed by atoms with Crippen LogP contribution in [0.15, 0.2) is 0 Å². The van der Waals surface area contributed by atoms with Crippen LogP contribution in [0.1, 0.15) is 32.6 Å². The summed E-state index contributed by atoms with van der Waals surface area (Å²) in [6, 6.07) is 0. The monoisotopic (exact) mass is 151 g/mol. The average Bonchev–Trinajstić information content (AvgIpc) is 2.80. The van der Waals surface area contributed by atoms with Crippen LogP contribution in [-0.4, -0.2) is 13.1 Å². The molecule has 0 aromatic rings. The van der Waals surface area contributed by atoms with E-state index in [-0.39, 0.29) is 0 Å². The van der Waals surface area contributed by atoms with Gasteiger partial charge in [-0.25, -0.2) is 0 Å². The Morgan fingerprint density at radius 1 is 1.55 bits per heavy atom. The van der Waals surface area contributed by atoms with E-state index in [1.54, 1.807) is 0 Å². The first-order chi connectivity index (χ1) is 5.33. The van der Waals surface area contributed by atoms with Gasteiger partial charge in [0.25, 0.3) is 0 Å². The third-order valence-corrected chi connectivity index (χ3v) is 2.65. The van der Waals surface area contributed by atoms with Crippen molar-refractivity contribution in [2.45, 2.75) is 32.6 Å². The molecule has 11 heavy (non-hydrogen) atoms. The summed E-state index contributed by atoms with van der Waals surface area (Å²) in [6.45, 7) is 4.43. The Morgan fingerprint density at radius 2 is 2.27 bits per heavy atom. The van der Waals surface area contributed by atoms with Crippen molar-refractivity contribution in [1.29, 1.82) is 0 Å². The van der Waals surface area contributed by atoms with E-state index in [2.05, 4.69) is 18.2 Å². The highest BCUT2D eigenvalue weighted by Crippen LogP contribution is 2.47. The Bertz CT molecular complexity index is 151. The van der Waals surface area contributed by atoms with Crippen LogP contribution in [0.2, 0.25) is 0 Å². The molecule has 1 nitrogen and oxygen atoms in total. The zero-order valence-corrected chi connectivity index (χ0v) is 7.32. The SMILES string of the molecule is C#CCCNCC1(CC)CC1. The predicted octanol–water partition coefficient (Wildman–Crippen LogP) is 1.79. The molecule has 0 saturated heterocycles. The summed E-state index contributed by atoms with van der Waals surface area (Å²) in [5.41, 5.74) is 0.661. The lowest BCUT2D eigenvalue weighted by Crippen LogP contribution is -2.24. The van der Waals surface area contributed by atoms with Gasteiger partial charge in [0.2, 0.25) is 0 Å². The molecule has 0 aromatic heterocycles. The smallest absolute Gasteiger partial charge is 0.0211 e. The minimum atomic E-state index is 0.661. The van der Waals surface area contributed by atoms with Crippen molar-refractivity contribution >= 4 is 0 Å². The zero-order chi connectivity index (χ0) is 8.16. The quantitative estimate of drug-likeness (QED) is 0.466. The number of nitrogens with one attached hydrogen (secondary N) is 1. The second-order valence-corrected chi connectivity index (χ2v) is 3.48. The van der Waals surface area contributed by atoms with Gasteiger partial charge in [0.05, 0.1) is 0 Å². The van der Waals surface area contributed by atoms with Crippen LogP contribution in [0.5, 0.6) is 0 Å². The number of hydrogen-bond donors (Lipinski definition) is 1. The molecule has 0 aromatic carbocycles. The van der Waals surface area contributed by atoms with Crippen molar-refractivity contribution in [2.75, 3.05) is 13.1 Å². The van der Waals surface area contributed by atoms with Crippen molar-refractivity contribution in [3.05, 3.63) is 0 Å². The van der Waals surface area contributed by atoms with Crippen LogP contribution in [0, 0.1) is 17.8 Å². The Morgan fingerprint density at radius 3 is 2.73 bits per heavy atom. The fourth-order valence-electron chi connectivity index (χ4n) is 1.35. The largest absolute Gasteiger partial charge is 0.315 e. The minimum absolute atomic E-state index is 0.661. The van der Waals surface area contributed by atoms with E-state index in [4.69, 9.17) is 6.42 Å². The fraction of sp³-hybridized carbons (Fsp3) is 0.800. The summed E-state index contributed by atoms with van der Waals surface area (Å²) in [4.78, 5) is 0. The van der Waals surface area contributed by atoms with Gasteiger partial charge < -0.3 is 5.32 Å². The van der Waals surface area contributed by atoms with Gasteiger partial charge >= 0.3 is 0 Å². The fourth-order valence-corrected chi connectivity index (χ4v) is 1.35. The van der Waals surface area contributed by atoms with Crippen LogP contribution < -0.4 is 5.32 Å². The molecule has 0 heterocycles. The molecule has 1 heteroatoms. The number of hydrogen-bond acceptors (Lipinski definition) is 1. The van der Waals surface area contributed by atoms with Crippen LogP contribution in [0.4, 0.5) is 0 Å². The summed E-state index contributed by atoms with van der Waals surface area (Å²) in [5, 5.41) is 3.40. The Balaban J connectivity index is 2.00. The Labute approximate surface area is 69.6 Å². The molecule has 1 aliphatic rings. The van der Waals surface area contributed by atoms with Crippen molar-refractivity contribution < 1.29 is 0 Å². The Hall–Kier alpha value is -0.480. The summed E-state index contributed by atoms with van der Waals surface area (Å²) in [5.74, 6) is 2.63. The van der Waals surface area contributed by atoms with Crippen molar-refractivity contribution in [3.8, 4) is 12.3 Å². The maximum atomic E-state index is 5.14. The van der Waals surface area contributed by atoms with E-state index < -0.39 is 0 Å². The lowest BCUT2D eigenvalue weighted by Gasteiger charge is -2.11. The van der Waals surface area contributed by atoms with E-state index in [0.29, 0.717) is 5.41 Å². The van der Waals surface area contributed by atoms with Gasteiger partial charge in [0.15, 0.2) is 0 Å². The molecule has 1 rings (SSSR count). The molecule has 1 aliphatic carbocycles. The maximum absolute atomic E-state index is 5.14. The highest BCUT2D eigenvalue weighted by molar-refractivity contribution is 4.94. The van der Waals surface area contributed by atoms with Crippen molar-refractivity contribution in [1.82, 2.24) is 5.32 Å². The lowest BCUT2D eigenvalue weighted by atomic mass is 10.0. The molecule has 62 valence electrons. The molecule has 1 fully saturated rings. The van der Waals surface area contributed by atoms with E-state index in [0.717, 1.165) is 13.0 Å². The normalized spacial score (nSPS) is 19.3.